The molecule has 3 aliphatic rings. The Kier molecular flexibility index (Phi) is 7.31. The summed E-state index contributed by atoms with van der Waals surface area (Å²) in [5, 5.41) is 5.59. The number of nitrogens with one attached hydrogen (secondary N) is 2. The molecule has 206 valence electrons. The molecule has 2 saturated heterocycles. The number of anilines is 1. The molecule has 5 rings (SSSR count). The van der Waals surface area contributed by atoms with Crippen molar-refractivity contribution in [2.75, 3.05) is 25.1 Å². The lowest BCUT2D eigenvalue weighted by Crippen LogP contribution is -2.37. The van der Waals surface area contributed by atoms with E-state index in [1.54, 1.807) is 0 Å². The number of benzene rings is 1. The Morgan fingerprint density at radius 3 is 2.58 bits per heavy atom. The topological polar surface area (TPSA) is 94.6 Å². The number of alkyl halides is 3. The fraction of sp³-hybridized carbons (Fsp3) is 0.577. The monoisotopic (exact) mass is 538 g/mol. The summed E-state index contributed by atoms with van der Waals surface area (Å²) in [4.78, 5) is 21.2. The smallest absolute Gasteiger partial charge is 0.301 e. The second kappa shape index (κ2) is 10.4. The minimum absolute atomic E-state index is 0.0478. The van der Waals surface area contributed by atoms with Gasteiger partial charge in [0.05, 0.1) is 30.0 Å². The molecule has 1 aliphatic carbocycles. The van der Waals surface area contributed by atoms with Crippen LogP contribution >= 0.6 is 0 Å². The number of aryl methyl sites for hydroxylation is 1. The number of carbonyl (C=O) groups excluding carboxylic acids is 1. The lowest BCUT2D eigenvalue weighted by molar-refractivity contribution is -0.127. The highest BCUT2D eigenvalue weighted by Crippen LogP contribution is 2.41. The van der Waals surface area contributed by atoms with Gasteiger partial charge in [-0.1, -0.05) is 12.1 Å². The number of nitrogens with zero attached hydrogens (tertiary/aromatic N) is 2. The van der Waals surface area contributed by atoms with E-state index in [0.29, 0.717) is 6.42 Å². The third kappa shape index (κ3) is 5.34. The molecule has 3 fully saturated rings. The third-order valence-electron chi connectivity index (χ3n) is 7.06. The highest BCUT2D eigenvalue weighted by molar-refractivity contribution is 5.83. The van der Waals surface area contributed by atoms with E-state index in [2.05, 4.69) is 20.6 Å². The largest absolute Gasteiger partial charge is 0.372 e. The van der Waals surface area contributed by atoms with Gasteiger partial charge in [0.15, 0.2) is 6.29 Å². The van der Waals surface area contributed by atoms with Gasteiger partial charge >= 0.3 is 5.92 Å². The summed E-state index contributed by atoms with van der Waals surface area (Å²) in [7, 11) is 0. The summed E-state index contributed by atoms with van der Waals surface area (Å²) in [6, 6.07) is 3.77. The fourth-order valence-electron chi connectivity index (χ4n) is 4.68. The zero-order chi connectivity index (χ0) is 27.1. The van der Waals surface area contributed by atoms with Crippen LogP contribution in [0.1, 0.15) is 73.3 Å². The van der Waals surface area contributed by atoms with Crippen LogP contribution in [0.5, 0.6) is 0 Å². The van der Waals surface area contributed by atoms with Gasteiger partial charge in [-0.15, -0.1) is 0 Å². The number of amides is 1. The van der Waals surface area contributed by atoms with Crippen molar-refractivity contribution in [3.63, 3.8) is 0 Å². The standard InChI is InChI=1S/C26H30F4N4O4/c1-14-32-21(20(28)23(35)34-25(2)8-9-25)18(24-37-11-12-38-24)22(33-14)31-13-15-5-3-6-16(19(15)27)26(29,30)17-7-4-10-36-17/h3,5-6,17,20,24H,4,7-13H2,1-2H3,(H,34,35)(H,31,32,33). The van der Waals surface area contributed by atoms with Crippen molar-refractivity contribution < 1.29 is 36.6 Å². The maximum atomic E-state index is 15.5. The summed E-state index contributed by atoms with van der Waals surface area (Å²) in [5.41, 5.74) is -1.40. The maximum Gasteiger partial charge on any atom is 0.301 e. The fourth-order valence-corrected chi connectivity index (χ4v) is 4.68. The number of carbonyl (C=O) groups is 1. The van der Waals surface area contributed by atoms with E-state index in [-0.39, 0.29) is 61.2 Å². The summed E-state index contributed by atoms with van der Waals surface area (Å²) in [6.45, 7) is 3.76. The number of hydrogen-bond donors (Lipinski definition) is 2. The zero-order valence-electron chi connectivity index (χ0n) is 21.2. The van der Waals surface area contributed by atoms with Crippen LogP contribution in [0.4, 0.5) is 23.4 Å². The average molecular weight is 539 g/mol. The first-order valence-electron chi connectivity index (χ1n) is 12.7. The Balaban J connectivity index is 1.44. The minimum Gasteiger partial charge on any atom is -0.372 e. The van der Waals surface area contributed by atoms with Gasteiger partial charge in [-0.2, -0.15) is 8.78 Å². The molecule has 1 aromatic carbocycles. The molecular formula is C26H30F4N4O4. The van der Waals surface area contributed by atoms with Crippen molar-refractivity contribution >= 4 is 11.7 Å². The summed E-state index contributed by atoms with van der Waals surface area (Å²) in [6.07, 6.45) is -2.46. The zero-order valence-corrected chi connectivity index (χ0v) is 21.2. The molecule has 0 radical (unpaired) electrons. The van der Waals surface area contributed by atoms with Crippen LogP contribution in [0.3, 0.4) is 0 Å². The molecule has 3 heterocycles. The van der Waals surface area contributed by atoms with Crippen LogP contribution in [0, 0.1) is 12.7 Å². The van der Waals surface area contributed by atoms with Crippen molar-refractivity contribution in [2.24, 2.45) is 0 Å². The summed E-state index contributed by atoms with van der Waals surface area (Å²) < 4.78 is 77.1. The van der Waals surface area contributed by atoms with Gasteiger partial charge in [0.25, 0.3) is 5.91 Å². The molecule has 2 aromatic rings. The molecule has 1 aromatic heterocycles. The number of hydrogen-bond acceptors (Lipinski definition) is 7. The Bertz CT molecular complexity index is 1200. The molecule has 0 spiro atoms. The molecule has 0 bridgehead atoms. The van der Waals surface area contributed by atoms with Crippen molar-refractivity contribution in [3.05, 3.63) is 52.2 Å². The van der Waals surface area contributed by atoms with Gasteiger partial charge < -0.3 is 24.8 Å². The normalized spacial score (nSPS) is 21.9. The second-order valence-electron chi connectivity index (χ2n) is 10.2. The Morgan fingerprint density at radius 2 is 1.92 bits per heavy atom. The van der Waals surface area contributed by atoms with Gasteiger partial charge in [-0.3, -0.25) is 4.79 Å². The Labute approximate surface area is 217 Å². The van der Waals surface area contributed by atoms with Crippen LogP contribution in [0.15, 0.2) is 18.2 Å². The molecule has 38 heavy (non-hydrogen) atoms. The predicted octanol–water partition coefficient (Wildman–Crippen LogP) is 4.53. The van der Waals surface area contributed by atoms with Gasteiger partial charge in [0, 0.05) is 24.3 Å². The highest BCUT2D eigenvalue weighted by Gasteiger charge is 2.46. The van der Waals surface area contributed by atoms with E-state index in [9.17, 15) is 4.79 Å². The van der Waals surface area contributed by atoms with Crippen LogP contribution in [-0.4, -0.2) is 47.3 Å². The van der Waals surface area contributed by atoms with Crippen molar-refractivity contribution in [1.29, 1.82) is 0 Å². The van der Waals surface area contributed by atoms with Crippen molar-refractivity contribution in [2.45, 2.75) is 76.1 Å². The van der Waals surface area contributed by atoms with E-state index in [1.165, 1.54) is 19.1 Å². The van der Waals surface area contributed by atoms with E-state index in [0.717, 1.165) is 18.9 Å². The quantitative estimate of drug-likeness (QED) is 0.453. The molecule has 1 amide bonds. The number of rotatable bonds is 9. The van der Waals surface area contributed by atoms with E-state index in [1.807, 2.05) is 6.92 Å². The van der Waals surface area contributed by atoms with E-state index in [4.69, 9.17) is 14.2 Å². The molecule has 2 atom stereocenters. The van der Waals surface area contributed by atoms with E-state index < -0.39 is 47.3 Å². The van der Waals surface area contributed by atoms with Crippen LogP contribution in [-0.2, 0) is 31.5 Å². The molecule has 12 heteroatoms. The minimum atomic E-state index is -3.50. The van der Waals surface area contributed by atoms with E-state index >= 15 is 17.6 Å². The second-order valence-corrected chi connectivity index (χ2v) is 10.2. The summed E-state index contributed by atoms with van der Waals surface area (Å²) >= 11 is 0. The molecule has 1 saturated carbocycles. The first-order chi connectivity index (χ1) is 18.1. The molecule has 2 unspecified atom stereocenters. The van der Waals surface area contributed by atoms with Crippen LogP contribution in [0.2, 0.25) is 0 Å². The molecule has 2 N–H and O–H groups in total. The highest BCUT2D eigenvalue weighted by atomic mass is 19.3. The lowest BCUT2D eigenvalue weighted by atomic mass is 9.98. The maximum absolute atomic E-state index is 15.5. The first kappa shape index (κ1) is 26.8. The lowest BCUT2D eigenvalue weighted by Gasteiger charge is -2.24. The third-order valence-corrected chi connectivity index (χ3v) is 7.06. The predicted molar refractivity (Wildman–Crippen MR) is 128 cm³/mol. The number of halogens is 4. The van der Waals surface area contributed by atoms with Gasteiger partial charge in [0.2, 0.25) is 6.17 Å². The molecule has 8 nitrogen and oxygen atoms in total. The number of aromatic nitrogens is 2. The van der Waals surface area contributed by atoms with Gasteiger partial charge in [-0.05, 0) is 45.6 Å². The van der Waals surface area contributed by atoms with Crippen molar-refractivity contribution in [1.82, 2.24) is 15.3 Å². The van der Waals surface area contributed by atoms with Gasteiger partial charge in [-0.25, -0.2) is 18.7 Å². The Morgan fingerprint density at radius 1 is 1.18 bits per heavy atom. The van der Waals surface area contributed by atoms with Gasteiger partial charge in [0.1, 0.15) is 23.6 Å². The first-order valence-corrected chi connectivity index (χ1v) is 12.7. The molecule has 2 aliphatic heterocycles. The van der Waals surface area contributed by atoms with Crippen LogP contribution < -0.4 is 10.6 Å². The average Bonchev–Trinajstić information content (AvgIpc) is 3.31. The summed E-state index contributed by atoms with van der Waals surface area (Å²) in [5.74, 6) is -5.20. The molecular weight excluding hydrogens is 508 g/mol. The SMILES string of the molecule is Cc1nc(NCc2cccc(C(F)(F)C3CCCO3)c2F)c(C2OCCO2)c(C(F)C(=O)NC2(C)CC2)n1. The van der Waals surface area contributed by atoms with Crippen LogP contribution in [0.25, 0.3) is 0 Å². The Hall–Kier alpha value is -2.83. The van der Waals surface area contributed by atoms with Crippen molar-refractivity contribution in [3.8, 4) is 0 Å². The number of ether oxygens (including phenoxy) is 3.